The van der Waals surface area contributed by atoms with Gasteiger partial charge in [0.15, 0.2) is 0 Å². The van der Waals surface area contributed by atoms with Crippen LogP contribution < -0.4 is 0 Å². The van der Waals surface area contributed by atoms with Gasteiger partial charge in [-0.2, -0.15) is 0 Å². The Bertz CT molecular complexity index is 681. The van der Waals surface area contributed by atoms with Crippen molar-refractivity contribution in [2.24, 2.45) is 0 Å². The highest BCUT2D eigenvalue weighted by atomic mass is 16.3. The lowest BCUT2D eigenvalue weighted by Crippen LogP contribution is -2.40. The summed E-state index contributed by atoms with van der Waals surface area (Å²) >= 11 is 0. The molecule has 5 heteroatoms. The minimum atomic E-state index is -0.231. The van der Waals surface area contributed by atoms with Gasteiger partial charge in [0.2, 0.25) is 11.8 Å². The van der Waals surface area contributed by atoms with Crippen LogP contribution >= 0.6 is 0 Å². The van der Waals surface area contributed by atoms with Gasteiger partial charge in [0.05, 0.1) is 6.54 Å². The van der Waals surface area contributed by atoms with Crippen molar-refractivity contribution in [3.05, 3.63) is 42.2 Å². The number of carbonyl (C=O) groups excluding carboxylic acids is 2. The fraction of sp³-hybridized carbons (Fsp3) is 0.333. The lowest BCUT2D eigenvalue weighted by Gasteiger charge is -2.22. The van der Waals surface area contributed by atoms with Gasteiger partial charge in [-0.3, -0.25) is 9.59 Å². The summed E-state index contributed by atoms with van der Waals surface area (Å²) in [5, 5.41) is 0.990. The number of para-hydroxylation sites is 1. The Morgan fingerprint density at radius 3 is 2.52 bits per heavy atom. The van der Waals surface area contributed by atoms with Crippen molar-refractivity contribution in [3.63, 3.8) is 0 Å². The monoisotopic (exact) mass is 314 g/mol. The van der Waals surface area contributed by atoms with Crippen LogP contribution in [-0.2, 0) is 9.59 Å². The van der Waals surface area contributed by atoms with Gasteiger partial charge in [-0.05, 0) is 32.1 Å². The van der Waals surface area contributed by atoms with E-state index in [1.165, 1.54) is 11.0 Å². The van der Waals surface area contributed by atoms with E-state index in [1.807, 2.05) is 44.2 Å². The quantitative estimate of drug-likeness (QED) is 0.770. The number of hydrogen-bond acceptors (Lipinski definition) is 3. The molecule has 1 heterocycles. The average molecular weight is 314 g/mol. The van der Waals surface area contributed by atoms with E-state index in [0.717, 1.165) is 11.0 Å². The molecule has 0 bridgehead atoms. The molecular weight excluding hydrogens is 292 g/mol. The second-order valence-corrected chi connectivity index (χ2v) is 5.28. The number of hydrogen-bond donors (Lipinski definition) is 0. The summed E-state index contributed by atoms with van der Waals surface area (Å²) in [6.07, 6.45) is 3.05. The summed E-state index contributed by atoms with van der Waals surface area (Å²) in [6.45, 7) is 5.21. The van der Waals surface area contributed by atoms with E-state index >= 15 is 0 Å². The fourth-order valence-corrected chi connectivity index (χ4v) is 2.32. The summed E-state index contributed by atoms with van der Waals surface area (Å²) in [6, 6.07) is 9.54. The zero-order valence-electron chi connectivity index (χ0n) is 13.8. The van der Waals surface area contributed by atoms with E-state index in [1.54, 1.807) is 18.0 Å². The minimum Gasteiger partial charge on any atom is -0.457 e. The number of fused-ring (bicyclic) bond motifs is 1. The van der Waals surface area contributed by atoms with Crippen molar-refractivity contribution < 1.29 is 14.0 Å². The number of nitrogens with zero attached hydrogens (tertiary/aromatic N) is 2. The van der Waals surface area contributed by atoms with Crippen molar-refractivity contribution >= 4 is 28.9 Å². The first kappa shape index (κ1) is 16.8. The van der Waals surface area contributed by atoms with Gasteiger partial charge in [0, 0.05) is 31.6 Å². The van der Waals surface area contributed by atoms with Crippen LogP contribution in [0.25, 0.3) is 17.0 Å². The van der Waals surface area contributed by atoms with E-state index in [0.29, 0.717) is 18.8 Å². The van der Waals surface area contributed by atoms with Crippen LogP contribution in [0, 0.1) is 0 Å². The third-order valence-corrected chi connectivity index (χ3v) is 3.70. The lowest BCUT2D eigenvalue weighted by atomic mass is 10.2. The number of furan rings is 1. The van der Waals surface area contributed by atoms with Gasteiger partial charge in [-0.25, -0.2) is 0 Å². The lowest BCUT2D eigenvalue weighted by molar-refractivity contribution is -0.136. The molecule has 5 nitrogen and oxygen atoms in total. The van der Waals surface area contributed by atoms with Crippen molar-refractivity contribution in [2.75, 3.05) is 26.7 Å². The molecule has 0 fully saturated rings. The summed E-state index contributed by atoms with van der Waals surface area (Å²) in [4.78, 5) is 27.2. The van der Waals surface area contributed by atoms with Crippen LogP contribution in [0.5, 0.6) is 0 Å². The van der Waals surface area contributed by atoms with Crippen LogP contribution in [0.3, 0.4) is 0 Å². The number of amides is 2. The molecule has 0 radical (unpaired) electrons. The Labute approximate surface area is 136 Å². The highest BCUT2D eigenvalue weighted by Gasteiger charge is 2.14. The molecular formula is C18H22N2O3. The third kappa shape index (κ3) is 4.22. The molecule has 0 unspecified atom stereocenters. The first-order valence-corrected chi connectivity index (χ1v) is 7.74. The zero-order chi connectivity index (χ0) is 16.8. The summed E-state index contributed by atoms with van der Waals surface area (Å²) in [5.41, 5.74) is 0.782. The van der Waals surface area contributed by atoms with Gasteiger partial charge in [-0.1, -0.05) is 18.2 Å². The standard InChI is InChI=1S/C18H22N2O3/c1-4-20(5-2)18(22)13-19(3)17(21)11-10-15-12-14-8-6-7-9-16(14)23-15/h6-12H,4-5,13H2,1-3H3/b11-10+. The summed E-state index contributed by atoms with van der Waals surface area (Å²) < 4.78 is 5.62. The molecule has 0 aliphatic carbocycles. The Hall–Kier alpha value is -2.56. The van der Waals surface area contributed by atoms with Gasteiger partial charge >= 0.3 is 0 Å². The number of carbonyl (C=O) groups is 2. The number of rotatable bonds is 6. The average Bonchev–Trinajstić information content (AvgIpc) is 2.96. The maximum Gasteiger partial charge on any atom is 0.246 e. The summed E-state index contributed by atoms with van der Waals surface area (Å²) in [7, 11) is 1.62. The van der Waals surface area contributed by atoms with Gasteiger partial charge in [-0.15, -0.1) is 0 Å². The molecule has 0 saturated heterocycles. The Morgan fingerprint density at radius 1 is 1.17 bits per heavy atom. The predicted molar refractivity (Wildman–Crippen MR) is 90.8 cm³/mol. The molecule has 0 saturated carbocycles. The van der Waals surface area contributed by atoms with Crippen molar-refractivity contribution in [1.29, 1.82) is 0 Å². The Kier molecular flexibility index (Phi) is 5.57. The highest BCUT2D eigenvalue weighted by Crippen LogP contribution is 2.19. The van der Waals surface area contributed by atoms with Crippen molar-refractivity contribution in [3.8, 4) is 0 Å². The zero-order valence-corrected chi connectivity index (χ0v) is 13.8. The van der Waals surface area contributed by atoms with Crippen molar-refractivity contribution in [2.45, 2.75) is 13.8 Å². The normalized spacial score (nSPS) is 11.1. The molecule has 0 N–H and O–H groups in total. The van der Waals surface area contributed by atoms with Crippen LogP contribution in [0.4, 0.5) is 0 Å². The minimum absolute atomic E-state index is 0.0528. The molecule has 2 amide bonds. The summed E-state index contributed by atoms with van der Waals surface area (Å²) in [5.74, 6) is 0.331. The SMILES string of the molecule is CCN(CC)C(=O)CN(C)C(=O)/C=C/c1cc2ccccc2o1. The first-order chi connectivity index (χ1) is 11.0. The molecule has 122 valence electrons. The smallest absolute Gasteiger partial charge is 0.246 e. The maximum atomic E-state index is 12.1. The Balaban J connectivity index is 1.98. The number of likely N-dealkylation sites (N-methyl/N-ethyl adjacent to an activating group) is 2. The van der Waals surface area contributed by atoms with Crippen LogP contribution in [0.1, 0.15) is 19.6 Å². The topological polar surface area (TPSA) is 53.8 Å². The van der Waals surface area contributed by atoms with E-state index in [9.17, 15) is 9.59 Å². The molecule has 23 heavy (non-hydrogen) atoms. The van der Waals surface area contributed by atoms with Gasteiger partial charge in [0.1, 0.15) is 11.3 Å². The van der Waals surface area contributed by atoms with Gasteiger partial charge in [0.25, 0.3) is 0 Å². The molecule has 1 aromatic heterocycles. The Morgan fingerprint density at radius 2 is 1.87 bits per heavy atom. The molecule has 0 spiro atoms. The van der Waals surface area contributed by atoms with Crippen LogP contribution in [0.2, 0.25) is 0 Å². The molecule has 2 rings (SSSR count). The van der Waals surface area contributed by atoms with E-state index in [-0.39, 0.29) is 18.4 Å². The van der Waals surface area contributed by atoms with Crippen LogP contribution in [0.15, 0.2) is 40.8 Å². The number of benzene rings is 1. The second kappa shape index (κ2) is 7.63. The van der Waals surface area contributed by atoms with Gasteiger partial charge < -0.3 is 14.2 Å². The highest BCUT2D eigenvalue weighted by molar-refractivity contribution is 5.94. The third-order valence-electron chi connectivity index (χ3n) is 3.70. The van der Waals surface area contributed by atoms with E-state index < -0.39 is 0 Å². The molecule has 1 aromatic carbocycles. The van der Waals surface area contributed by atoms with E-state index in [4.69, 9.17) is 4.42 Å². The van der Waals surface area contributed by atoms with Crippen molar-refractivity contribution in [1.82, 2.24) is 9.80 Å². The van der Waals surface area contributed by atoms with E-state index in [2.05, 4.69) is 0 Å². The fourth-order valence-electron chi connectivity index (χ4n) is 2.32. The predicted octanol–water partition coefficient (Wildman–Crippen LogP) is 2.77. The molecule has 0 aliphatic rings. The van der Waals surface area contributed by atoms with Crippen LogP contribution in [-0.4, -0.2) is 48.3 Å². The maximum absolute atomic E-state index is 12.1. The largest absolute Gasteiger partial charge is 0.457 e. The second-order valence-electron chi connectivity index (χ2n) is 5.28. The molecule has 0 atom stereocenters. The first-order valence-electron chi connectivity index (χ1n) is 7.74. The molecule has 2 aromatic rings. The molecule has 0 aliphatic heterocycles.